The van der Waals surface area contributed by atoms with E-state index in [4.69, 9.17) is 5.11 Å². The molecule has 160 valence electrons. The summed E-state index contributed by atoms with van der Waals surface area (Å²) in [6, 6.07) is 6.84. The second-order valence-corrected chi connectivity index (χ2v) is 8.60. The molecule has 0 bridgehead atoms. The number of carbonyl (C=O) groups is 2. The number of hydrogen-bond donors (Lipinski definition) is 2. The summed E-state index contributed by atoms with van der Waals surface area (Å²) in [5, 5.41) is 23.7. The first-order chi connectivity index (χ1) is 13.9. The van der Waals surface area contributed by atoms with E-state index in [9.17, 15) is 14.7 Å². The number of hydrogen-bond acceptors (Lipinski definition) is 4. The molecule has 6 nitrogen and oxygen atoms in total. The Hall–Kier alpha value is -1.92. The van der Waals surface area contributed by atoms with Gasteiger partial charge in [0.05, 0.1) is 11.7 Å². The van der Waals surface area contributed by atoms with Crippen LogP contribution in [0.25, 0.3) is 0 Å². The molecule has 1 aromatic carbocycles. The summed E-state index contributed by atoms with van der Waals surface area (Å²) >= 11 is 0. The van der Waals surface area contributed by atoms with Crippen LogP contribution in [0, 0.1) is 5.41 Å². The molecule has 2 N–H and O–H groups in total. The van der Waals surface area contributed by atoms with Crippen molar-refractivity contribution in [2.75, 3.05) is 19.6 Å². The molecule has 1 heterocycles. The van der Waals surface area contributed by atoms with E-state index in [1.165, 1.54) is 6.42 Å². The fraction of sp³-hybridized carbons (Fsp3) is 0.652. The van der Waals surface area contributed by atoms with Crippen molar-refractivity contribution in [1.82, 2.24) is 10.0 Å². The number of carboxylic acid groups (broad SMARTS) is 1. The van der Waals surface area contributed by atoms with Crippen LogP contribution in [-0.2, 0) is 11.2 Å². The predicted octanol–water partition coefficient (Wildman–Crippen LogP) is 3.49. The maximum atomic E-state index is 12.3. The normalized spacial score (nSPS) is 19.9. The molecule has 0 spiro atoms. The van der Waals surface area contributed by atoms with E-state index >= 15 is 0 Å². The Bertz CT molecular complexity index is 699. The van der Waals surface area contributed by atoms with Crippen LogP contribution < -0.4 is 0 Å². The van der Waals surface area contributed by atoms with Crippen molar-refractivity contribution in [2.45, 2.75) is 70.8 Å². The zero-order valence-electron chi connectivity index (χ0n) is 17.5. The molecular weight excluding hydrogens is 368 g/mol. The quantitative estimate of drug-likeness (QED) is 0.592. The number of aromatic carboxylic acids is 1. The highest BCUT2D eigenvalue weighted by Gasteiger charge is 2.42. The third-order valence-corrected chi connectivity index (χ3v) is 6.72. The molecule has 0 aromatic heterocycles. The first kappa shape index (κ1) is 21.8. The van der Waals surface area contributed by atoms with Crippen LogP contribution in [0.4, 0.5) is 0 Å². The van der Waals surface area contributed by atoms with Crippen LogP contribution in [0.3, 0.4) is 0 Å². The van der Waals surface area contributed by atoms with Crippen molar-refractivity contribution in [3.8, 4) is 0 Å². The third-order valence-electron chi connectivity index (χ3n) is 6.72. The Morgan fingerprint density at radius 2 is 1.93 bits per heavy atom. The van der Waals surface area contributed by atoms with Crippen LogP contribution in [0.2, 0.25) is 0 Å². The molecule has 29 heavy (non-hydrogen) atoms. The van der Waals surface area contributed by atoms with Gasteiger partial charge in [-0.1, -0.05) is 31.9 Å². The molecule has 6 heteroatoms. The van der Waals surface area contributed by atoms with E-state index in [2.05, 4.69) is 11.9 Å². The van der Waals surface area contributed by atoms with Gasteiger partial charge < -0.3 is 10.2 Å². The predicted molar refractivity (Wildman–Crippen MR) is 111 cm³/mol. The molecule has 1 unspecified atom stereocenters. The topological polar surface area (TPSA) is 81.1 Å². The van der Waals surface area contributed by atoms with Gasteiger partial charge >= 0.3 is 5.97 Å². The van der Waals surface area contributed by atoms with E-state index in [1.807, 2.05) is 17.1 Å². The van der Waals surface area contributed by atoms with E-state index in [1.54, 1.807) is 12.1 Å². The second-order valence-electron chi connectivity index (χ2n) is 8.60. The van der Waals surface area contributed by atoms with Crippen molar-refractivity contribution in [1.29, 1.82) is 0 Å². The Labute approximate surface area is 173 Å². The van der Waals surface area contributed by atoms with Crippen LogP contribution >= 0.6 is 0 Å². The zero-order chi connectivity index (χ0) is 20.9. The van der Waals surface area contributed by atoms with Gasteiger partial charge in [0.1, 0.15) is 0 Å². The molecule has 1 aliphatic heterocycles. The molecule has 2 aliphatic rings. The number of amides is 1. The van der Waals surface area contributed by atoms with Gasteiger partial charge in [-0.25, -0.2) is 9.80 Å². The first-order valence-electron chi connectivity index (χ1n) is 11.0. The molecular formula is C23H34N2O4. The molecule has 1 aromatic rings. The molecule has 1 amide bonds. The smallest absolute Gasteiger partial charge is 0.335 e. The van der Waals surface area contributed by atoms with Crippen molar-refractivity contribution in [3.63, 3.8) is 0 Å². The number of benzene rings is 1. The van der Waals surface area contributed by atoms with Gasteiger partial charge in [0.15, 0.2) is 0 Å². The van der Waals surface area contributed by atoms with E-state index < -0.39 is 5.97 Å². The van der Waals surface area contributed by atoms with Crippen molar-refractivity contribution in [3.05, 3.63) is 35.4 Å². The highest BCUT2D eigenvalue weighted by Crippen LogP contribution is 2.48. The fourth-order valence-electron chi connectivity index (χ4n) is 4.83. The van der Waals surface area contributed by atoms with Gasteiger partial charge in [-0.2, -0.15) is 0 Å². The van der Waals surface area contributed by atoms with Crippen LogP contribution in [0.5, 0.6) is 0 Å². The molecule has 1 aliphatic carbocycles. The maximum Gasteiger partial charge on any atom is 0.335 e. The lowest BCUT2D eigenvalue weighted by molar-refractivity contribution is -0.138. The Kier molecular flexibility index (Phi) is 7.30. The van der Waals surface area contributed by atoms with Gasteiger partial charge in [0.2, 0.25) is 5.91 Å². The van der Waals surface area contributed by atoms with Crippen molar-refractivity contribution in [2.24, 2.45) is 5.41 Å². The summed E-state index contributed by atoms with van der Waals surface area (Å²) in [5.41, 5.74) is 1.45. The molecule has 1 atom stereocenters. The summed E-state index contributed by atoms with van der Waals surface area (Å²) < 4.78 is 0. The van der Waals surface area contributed by atoms with Crippen molar-refractivity contribution >= 4 is 11.9 Å². The van der Waals surface area contributed by atoms with Crippen LogP contribution in [0.15, 0.2) is 24.3 Å². The standard InChI is InChI=1S/C23H34N2O4/c1-2-12-23(13-4-14-23)20(26)5-3-15-24-16-11-21(27)25(24)17-10-18-6-8-19(9-7-18)22(28)29/h6-9,20,26H,2-5,10-17H2,1H3,(H,28,29). The Morgan fingerprint density at radius 1 is 1.21 bits per heavy atom. The van der Waals surface area contributed by atoms with Gasteiger partial charge in [-0.05, 0) is 61.6 Å². The first-order valence-corrected chi connectivity index (χ1v) is 11.0. The SMILES string of the molecule is CCCC1(C(O)CCCN2CCC(=O)N2CCc2ccc(C(=O)O)cc2)CCC1. The highest BCUT2D eigenvalue weighted by molar-refractivity contribution is 5.87. The van der Waals surface area contributed by atoms with E-state index in [0.29, 0.717) is 19.4 Å². The minimum absolute atomic E-state index is 0.147. The van der Waals surface area contributed by atoms with Gasteiger partial charge in [-0.3, -0.25) is 9.80 Å². The lowest BCUT2D eigenvalue weighted by atomic mass is 9.62. The van der Waals surface area contributed by atoms with E-state index in [-0.39, 0.29) is 23.0 Å². The number of hydrazine groups is 1. The number of nitrogens with zero attached hydrogens (tertiary/aromatic N) is 2. The Balaban J connectivity index is 1.46. The largest absolute Gasteiger partial charge is 0.478 e. The lowest BCUT2D eigenvalue weighted by Gasteiger charge is -2.46. The molecule has 1 saturated carbocycles. The van der Waals surface area contributed by atoms with Crippen LogP contribution in [0.1, 0.15) is 74.2 Å². The highest BCUT2D eigenvalue weighted by atomic mass is 16.4. The summed E-state index contributed by atoms with van der Waals surface area (Å²) in [7, 11) is 0. The molecule has 1 saturated heterocycles. The monoisotopic (exact) mass is 402 g/mol. The summed E-state index contributed by atoms with van der Waals surface area (Å²) in [5.74, 6) is -0.781. The third kappa shape index (κ3) is 5.17. The van der Waals surface area contributed by atoms with Gasteiger partial charge in [0.25, 0.3) is 0 Å². The molecule has 0 radical (unpaired) electrons. The van der Waals surface area contributed by atoms with E-state index in [0.717, 1.165) is 57.2 Å². The summed E-state index contributed by atoms with van der Waals surface area (Å²) in [4.78, 5) is 23.3. The molecule has 2 fully saturated rings. The number of aliphatic hydroxyl groups is 1. The second kappa shape index (κ2) is 9.72. The Morgan fingerprint density at radius 3 is 2.52 bits per heavy atom. The number of carboxylic acids is 1. The minimum Gasteiger partial charge on any atom is -0.478 e. The zero-order valence-corrected chi connectivity index (χ0v) is 17.5. The van der Waals surface area contributed by atoms with Crippen LogP contribution in [-0.4, -0.2) is 57.8 Å². The average molecular weight is 403 g/mol. The lowest BCUT2D eigenvalue weighted by Crippen LogP contribution is -2.43. The minimum atomic E-state index is -0.928. The van der Waals surface area contributed by atoms with Gasteiger partial charge in [0, 0.05) is 26.1 Å². The number of rotatable bonds is 11. The van der Waals surface area contributed by atoms with Crippen molar-refractivity contribution < 1.29 is 19.8 Å². The molecule has 3 rings (SSSR count). The maximum absolute atomic E-state index is 12.3. The summed E-state index contributed by atoms with van der Waals surface area (Å²) in [6.07, 6.45) is 8.48. The number of carbonyl (C=O) groups excluding carboxylic acids is 1. The summed E-state index contributed by atoms with van der Waals surface area (Å²) in [6.45, 7) is 4.33. The number of aliphatic hydroxyl groups excluding tert-OH is 1. The van der Waals surface area contributed by atoms with Gasteiger partial charge in [-0.15, -0.1) is 0 Å². The fourth-order valence-corrected chi connectivity index (χ4v) is 4.83. The average Bonchev–Trinajstić information content (AvgIpc) is 3.02.